The van der Waals surface area contributed by atoms with Gasteiger partial charge in [0.1, 0.15) is 36.5 Å². The van der Waals surface area contributed by atoms with E-state index >= 15 is 0 Å². The molecule has 1 saturated heterocycles. The number of anilines is 3. The summed E-state index contributed by atoms with van der Waals surface area (Å²) in [6.45, 7) is 7.38. The highest BCUT2D eigenvalue weighted by Gasteiger charge is 2.27. The topological polar surface area (TPSA) is 92.7 Å². The second-order valence-electron chi connectivity index (χ2n) is 8.11. The fourth-order valence-corrected chi connectivity index (χ4v) is 4.06. The first-order valence-corrected chi connectivity index (χ1v) is 11.0. The number of fused-ring (bicyclic) bond motifs is 1. The van der Waals surface area contributed by atoms with Crippen molar-refractivity contribution >= 4 is 23.4 Å². The molecular weight excluding hydrogens is 420 g/mol. The quantitative estimate of drug-likeness (QED) is 0.654. The SMILES string of the molecule is Cc1ccnc(Nc2cc(N3CCN(C(=O)c4cccc5c4OCCO5)CC3)nc(C)n2)c1. The van der Waals surface area contributed by atoms with Crippen LogP contribution in [0.4, 0.5) is 17.5 Å². The van der Waals surface area contributed by atoms with Gasteiger partial charge in [-0.15, -0.1) is 0 Å². The highest BCUT2D eigenvalue weighted by atomic mass is 16.6. The van der Waals surface area contributed by atoms with Crippen LogP contribution in [0.3, 0.4) is 0 Å². The summed E-state index contributed by atoms with van der Waals surface area (Å²) in [6.07, 6.45) is 1.77. The van der Waals surface area contributed by atoms with Crippen LogP contribution in [-0.4, -0.2) is 65.2 Å². The molecule has 5 rings (SSSR count). The number of ether oxygens (including phenoxy) is 2. The Bertz CT molecular complexity index is 1180. The second kappa shape index (κ2) is 8.93. The lowest BCUT2D eigenvalue weighted by molar-refractivity contribution is 0.0736. The summed E-state index contributed by atoms with van der Waals surface area (Å²) < 4.78 is 11.3. The summed E-state index contributed by atoms with van der Waals surface area (Å²) in [5.74, 6) is 4.08. The number of hydrogen-bond donors (Lipinski definition) is 1. The summed E-state index contributed by atoms with van der Waals surface area (Å²) >= 11 is 0. The van der Waals surface area contributed by atoms with Crippen molar-refractivity contribution in [1.82, 2.24) is 19.9 Å². The van der Waals surface area contributed by atoms with Gasteiger partial charge in [0.15, 0.2) is 11.5 Å². The first kappa shape index (κ1) is 21.0. The molecule has 2 aliphatic heterocycles. The Labute approximate surface area is 192 Å². The van der Waals surface area contributed by atoms with Crippen LogP contribution in [0, 0.1) is 13.8 Å². The van der Waals surface area contributed by atoms with Crippen LogP contribution in [0.2, 0.25) is 0 Å². The molecular formula is C24H26N6O3. The molecule has 9 heteroatoms. The van der Waals surface area contributed by atoms with E-state index in [9.17, 15) is 4.79 Å². The molecule has 33 heavy (non-hydrogen) atoms. The molecule has 0 spiro atoms. The van der Waals surface area contributed by atoms with Gasteiger partial charge in [-0.2, -0.15) is 0 Å². The summed E-state index contributed by atoms with van der Waals surface area (Å²) in [4.78, 5) is 30.7. The van der Waals surface area contributed by atoms with Crippen LogP contribution in [0.1, 0.15) is 21.7 Å². The minimum atomic E-state index is -0.0382. The van der Waals surface area contributed by atoms with Gasteiger partial charge in [0.2, 0.25) is 0 Å². The van der Waals surface area contributed by atoms with Crippen LogP contribution < -0.4 is 19.7 Å². The van der Waals surface area contributed by atoms with Crippen molar-refractivity contribution in [2.75, 3.05) is 49.6 Å². The fraction of sp³-hybridized carbons (Fsp3) is 0.333. The van der Waals surface area contributed by atoms with Gasteiger partial charge in [-0.25, -0.2) is 15.0 Å². The van der Waals surface area contributed by atoms with Crippen molar-refractivity contribution in [1.29, 1.82) is 0 Å². The molecule has 1 amide bonds. The zero-order chi connectivity index (χ0) is 22.8. The Morgan fingerprint density at radius 1 is 0.970 bits per heavy atom. The molecule has 1 fully saturated rings. The number of carbonyl (C=O) groups is 1. The summed E-state index contributed by atoms with van der Waals surface area (Å²) in [5, 5.41) is 3.26. The molecule has 4 heterocycles. The number of carbonyl (C=O) groups excluding carboxylic acids is 1. The van der Waals surface area contributed by atoms with E-state index in [1.54, 1.807) is 12.3 Å². The number of piperazine rings is 1. The third-order valence-corrected chi connectivity index (χ3v) is 5.68. The van der Waals surface area contributed by atoms with Crippen LogP contribution in [0.25, 0.3) is 0 Å². The Kier molecular flexibility index (Phi) is 5.68. The fourth-order valence-electron chi connectivity index (χ4n) is 4.06. The largest absolute Gasteiger partial charge is 0.486 e. The highest BCUT2D eigenvalue weighted by Crippen LogP contribution is 2.34. The lowest BCUT2D eigenvalue weighted by atomic mass is 10.1. The Balaban J connectivity index is 1.28. The number of aromatic nitrogens is 3. The van der Waals surface area contributed by atoms with E-state index in [-0.39, 0.29) is 5.91 Å². The van der Waals surface area contributed by atoms with Crippen molar-refractivity contribution in [3.8, 4) is 11.5 Å². The minimum Gasteiger partial charge on any atom is -0.486 e. The van der Waals surface area contributed by atoms with E-state index in [0.717, 1.165) is 17.2 Å². The zero-order valence-corrected chi connectivity index (χ0v) is 18.7. The van der Waals surface area contributed by atoms with Crippen molar-refractivity contribution in [2.45, 2.75) is 13.8 Å². The molecule has 9 nitrogen and oxygen atoms in total. The normalized spacial score (nSPS) is 15.3. The smallest absolute Gasteiger partial charge is 0.257 e. The lowest BCUT2D eigenvalue weighted by Crippen LogP contribution is -2.49. The summed E-state index contributed by atoms with van der Waals surface area (Å²) in [5.41, 5.74) is 1.67. The molecule has 0 atom stereocenters. The van der Waals surface area contributed by atoms with Crippen molar-refractivity contribution < 1.29 is 14.3 Å². The molecule has 0 bridgehead atoms. The van der Waals surface area contributed by atoms with Crippen molar-refractivity contribution in [3.05, 3.63) is 59.5 Å². The van der Waals surface area contributed by atoms with Gasteiger partial charge in [-0.05, 0) is 43.7 Å². The number of benzene rings is 1. The average Bonchev–Trinajstić information content (AvgIpc) is 2.83. The number of pyridine rings is 1. The zero-order valence-electron chi connectivity index (χ0n) is 18.7. The maximum absolute atomic E-state index is 13.2. The van der Waals surface area contributed by atoms with E-state index in [1.807, 2.05) is 49.1 Å². The van der Waals surface area contributed by atoms with Crippen LogP contribution in [0.5, 0.6) is 11.5 Å². The molecule has 0 saturated carbocycles. The van der Waals surface area contributed by atoms with Gasteiger partial charge in [0.25, 0.3) is 5.91 Å². The standard InChI is InChI=1S/C24H26N6O3/c1-16-6-7-25-20(14-16)28-21-15-22(27-17(2)26-21)29-8-10-30(11-9-29)24(31)18-4-3-5-19-23(18)33-13-12-32-19/h3-7,14-15H,8-13H2,1-2H3,(H,25,26,27,28). The van der Waals surface area contributed by atoms with Gasteiger partial charge in [0.05, 0.1) is 5.56 Å². The van der Waals surface area contributed by atoms with Crippen LogP contribution in [-0.2, 0) is 0 Å². The molecule has 3 aromatic rings. The third kappa shape index (κ3) is 4.52. The van der Waals surface area contributed by atoms with E-state index in [0.29, 0.717) is 68.1 Å². The third-order valence-electron chi connectivity index (χ3n) is 5.68. The van der Waals surface area contributed by atoms with Crippen LogP contribution >= 0.6 is 0 Å². The first-order valence-electron chi connectivity index (χ1n) is 11.0. The lowest BCUT2D eigenvalue weighted by Gasteiger charge is -2.36. The monoisotopic (exact) mass is 446 g/mol. The number of amides is 1. The average molecular weight is 447 g/mol. The van der Waals surface area contributed by atoms with Gasteiger partial charge < -0.3 is 24.6 Å². The Hall–Kier alpha value is -3.88. The number of hydrogen-bond acceptors (Lipinski definition) is 8. The summed E-state index contributed by atoms with van der Waals surface area (Å²) in [6, 6.07) is 11.3. The van der Waals surface area contributed by atoms with Crippen molar-refractivity contribution in [3.63, 3.8) is 0 Å². The molecule has 0 radical (unpaired) electrons. The molecule has 1 aromatic carbocycles. The molecule has 2 aliphatic rings. The van der Waals surface area contributed by atoms with E-state index in [4.69, 9.17) is 9.47 Å². The number of nitrogens with one attached hydrogen (secondary N) is 1. The minimum absolute atomic E-state index is 0.0382. The number of aryl methyl sites for hydroxylation is 2. The predicted molar refractivity (Wildman–Crippen MR) is 125 cm³/mol. The van der Waals surface area contributed by atoms with Gasteiger partial charge in [-0.3, -0.25) is 4.79 Å². The van der Waals surface area contributed by atoms with Gasteiger partial charge >= 0.3 is 0 Å². The predicted octanol–water partition coefficient (Wildman–Crippen LogP) is 2.97. The molecule has 0 unspecified atom stereocenters. The van der Waals surface area contributed by atoms with E-state index < -0.39 is 0 Å². The second-order valence-corrected chi connectivity index (χ2v) is 8.11. The number of para-hydroxylation sites is 1. The van der Waals surface area contributed by atoms with Crippen molar-refractivity contribution in [2.24, 2.45) is 0 Å². The van der Waals surface area contributed by atoms with E-state index in [1.165, 1.54) is 0 Å². The summed E-state index contributed by atoms with van der Waals surface area (Å²) in [7, 11) is 0. The molecule has 1 N–H and O–H groups in total. The maximum atomic E-state index is 13.2. The Morgan fingerprint density at radius 2 is 1.79 bits per heavy atom. The van der Waals surface area contributed by atoms with Gasteiger partial charge in [0, 0.05) is 38.4 Å². The molecule has 2 aromatic heterocycles. The molecule has 0 aliphatic carbocycles. The van der Waals surface area contributed by atoms with Gasteiger partial charge in [-0.1, -0.05) is 6.07 Å². The maximum Gasteiger partial charge on any atom is 0.257 e. The van der Waals surface area contributed by atoms with Crippen LogP contribution in [0.15, 0.2) is 42.6 Å². The van der Waals surface area contributed by atoms with E-state index in [2.05, 4.69) is 25.2 Å². The number of nitrogens with zero attached hydrogens (tertiary/aromatic N) is 5. The molecule has 170 valence electrons. The number of rotatable bonds is 4. The Morgan fingerprint density at radius 3 is 2.61 bits per heavy atom. The first-order chi connectivity index (χ1) is 16.1. The highest BCUT2D eigenvalue weighted by molar-refractivity contribution is 5.98.